The molecule has 0 radical (unpaired) electrons. The molecule has 5 nitrogen and oxygen atoms in total. The van der Waals surface area contributed by atoms with Crippen LogP contribution in [-0.2, 0) is 10.1 Å². The van der Waals surface area contributed by atoms with E-state index in [9.17, 15) is 13.2 Å². The molecule has 26 heavy (non-hydrogen) atoms. The molecule has 0 bridgehead atoms. The van der Waals surface area contributed by atoms with Gasteiger partial charge in [-0.3, -0.25) is 0 Å². The Balaban J connectivity index is 1.90. The predicted octanol–water partition coefficient (Wildman–Crippen LogP) is 4.02. The van der Waals surface area contributed by atoms with E-state index >= 15 is 0 Å². The zero-order valence-corrected chi connectivity index (χ0v) is 14.6. The lowest BCUT2D eigenvalue weighted by Gasteiger charge is -2.10. The lowest BCUT2D eigenvalue weighted by atomic mass is 10.1. The highest BCUT2D eigenvalue weighted by Gasteiger charge is 2.20. The number of hydrogen-bond donors (Lipinski definition) is 0. The van der Waals surface area contributed by atoms with E-state index in [-0.39, 0.29) is 10.6 Å². The van der Waals surface area contributed by atoms with Crippen molar-refractivity contribution in [1.82, 2.24) is 0 Å². The maximum atomic E-state index is 12.6. The molecule has 0 aliphatic carbocycles. The van der Waals surface area contributed by atoms with Gasteiger partial charge < -0.3 is 8.60 Å². The van der Waals surface area contributed by atoms with Gasteiger partial charge in [0.15, 0.2) is 5.75 Å². The van der Waals surface area contributed by atoms with Crippen LogP contribution >= 0.6 is 0 Å². The Morgan fingerprint density at radius 3 is 2.38 bits per heavy atom. The molecule has 130 valence electrons. The number of hydrogen-bond acceptors (Lipinski definition) is 5. The van der Waals surface area contributed by atoms with Crippen LogP contribution in [0.1, 0.15) is 5.56 Å². The predicted molar refractivity (Wildman–Crippen MR) is 99.0 cm³/mol. The molecule has 0 aliphatic rings. The Kier molecular flexibility index (Phi) is 3.77. The van der Waals surface area contributed by atoms with Crippen LogP contribution < -0.4 is 9.81 Å². The fourth-order valence-corrected chi connectivity index (χ4v) is 3.74. The molecular weight excluding hydrogens is 352 g/mol. The molecule has 1 heterocycles. The van der Waals surface area contributed by atoms with Gasteiger partial charge in [-0.05, 0) is 30.5 Å². The van der Waals surface area contributed by atoms with E-state index in [1.807, 2.05) is 31.2 Å². The van der Waals surface area contributed by atoms with Gasteiger partial charge >= 0.3 is 15.7 Å². The summed E-state index contributed by atoms with van der Waals surface area (Å²) in [5.41, 5.74) is 0.550. The SMILES string of the molecule is Cc1ccc(S(=O)(=O)Oc2cc(=O)oc3c2ccc2ccccc23)cc1. The van der Waals surface area contributed by atoms with E-state index < -0.39 is 15.7 Å². The molecule has 0 spiro atoms. The Hall–Kier alpha value is -3.12. The molecule has 0 saturated carbocycles. The first kappa shape index (κ1) is 16.4. The van der Waals surface area contributed by atoms with Crippen molar-refractivity contribution in [3.8, 4) is 5.75 Å². The summed E-state index contributed by atoms with van der Waals surface area (Å²) >= 11 is 0. The summed E-state index contributed by atoms with van der Waals surface area (Å²) in [5, 5.41) is 2.00. The van der Waals surface area contributed by atoms with Gasteiger partial charge in [0.1, 0.15) is 10.5 Å². The Bertz CT molecular complexity index is 1290. The van der Waals surface area contributed by atoms with Crippen molar-refractivity contribution in [1.29, 1.82) is 0 Å². The van der Waals surface area contributed by atoms with E-state index in [1.54, 1.807) is 24.3 Å². The van der Waals surface area contributed by atoms with Crippen LogP contribution in [0.3, 0.4) is 0 Å². The fraction of sp³-hybridized carbons (Fsp3) is 0.0500. The molecule has 4 rings (SSSR count). The van der Waals surface area contributed by atoms with Crippen molar-refractivity contribution in [2.24, 2.45) is 0 Å². The average Bonchev–Trinajstić information content (AvgIpc) is 2.61. The van der Waals surface area contributed by atoms with Gasteiger partial charge in [-0.2, -0.15) is 8.42 Å². The maximum absolute atomic E-state index is 12.6. The second-order valence-corrected chi connectivity index (χ2v) is 7.49. The number of fused-ring (bicyclic) bond motifs is 3. The second kappa shape index (κ2) is 6.00. The van der Waals surface area contributed by atoms with Gasteiger partial charge in [0.2, 0.25) is 0 Å². The summed E-state index contributed by atoms with van der Waals surface area (Å²) in [6.07, 6.45) is 0. The molecule has 0 N–H and O–H groups in total. The first-order valence-electron chi connectivity index (χ1n) is 7.91. The highest BCUT2D eigenvalue weighted by molar-refractivity contribution is 7.87. The summed E-state index contributed by atoms with van der Waals surface area (Å²) in [7, 11) is -4.07. The van der Waals surface area contributed by atoms with Crippen molar-refractivity contribution in [3.05, 3.63) is 82.7 Å². The summed E-state index contributed by atoms with van der Waals surface area (Å²) in [6.45, 7) is 1.86. The molecule has 1 aromatic heterocycles. The van der Waals surface area contributed by atoms with Crippen LogP contribution in [0.5, 0.6) is 5.75 Å². The monoisotopic (exact) mass is 366 g/mol. The summed E-state index contributed by atoms with van der Waals surface area (Å²) in [5.74, 6) is -0.0532. The third-order valence-electron chi connectivity index (χ3n) is 4.11. The molecule has 0 atom stereocenters. The Morgan fingerprint density at radius 1 is 0.885 bits per heavy atom. The van der Waals surface area contributed by atoms with E-state index in [0.29, 0.717) is 16.4 Å². The minimum Gasteiger partial charge on any atom is -0.422 e. The standard InChI is InChI=1S/C20H14O5S/c1-13-6-9-15(10-7-13)26(22,23)25-18-12-19(21)24-20-16-5-3-2-4-14(16)8-11-17(18)20/h2-12H,1H3. The molecule has 0 unspecified atom stereocenters. The van der Waals surface area contributed by atoms with E-state index in [1.165, 1.54) is 12.1 Å². The summed E-state index contributed by atoms with van der Waals surface area (Å²) < 4.78 is 35.8. The van der Waals surface area contributed by atoms with Crippen LogP contribution in [-0.4, -0.2) is 8.42 Å². The van der Waals surface area contributed by atoms with Crippen molar-refractivity contribution in [2.75, 3.05) is 0 Å². The van der Waals surface area contributed by atoms with Crippen LogP contribution in [0.2, 0.25) is 0 Å². The van der Waals surface area contributed by atoms with Crippen molar-refractivity contribution < 1.29 is 17.0 Å². The topological polar surface area (TPSA) is 73.6 Å². The highest BCUT2D eigenvalue weighted by atomic mass is 32.2. The normalized spacial score (nSPS) is 11.7. The maximum Gasteiger partial charge on any atom is 0.340 e. The van der Waals surface area contributed by atoms with E-state index in [4.69, 9.17) is 8.60 Å². The quantitative estimate of drug-likeness (QED) is 0.311. The second-order valence-electron chi connectivity index (χ2n) is 5.94. The largest absolute Gasteiger partial charge is 0.422 e. The zero-order chi connectivity index (χ0) is 18.3. The smallest absolute Gasteiger partial charge is 0.340 e. The van der Waals surface area contributed by atoms with Gasteiger partial charge in [0.05, 0.1) is 11.5 Å². The zero-order valence-electron chi connectivity index (χ0n) is 13.8. The van der Waals surface area contributed by atoms with Crippen molar-refractivity contribution >= 4 is 31.9 Å². The molecule has 4 aromatic rings. The lowest BCUT2D eigenvalue weighted by molar-refractivity contribution is 0.482. The van der Waals surface area contributed by atoms with Gasteiger partial charge in [0, 0.05) is 5.39 Å². The third-order valence-corrected chi connectivity index (χ3v) is 5.35. The minimum atomic E-state index is -4.07. The van der Waals surface area contributed by atoms with E-state index in [2.05, 4.69) is 0 Å². The fourth-order valence-electron chi connectivity index (χ4n) is 2.80. The van der Waals surface area contributed by atoms with E-state index in [0.717, 1.165) is 17.0 Å². The molecular formula is C20H14O5S. The van der Waals surface area contributed by atoms with Gasteiger partial charge in [-0.1, -0.05) is 48.0 Å². The summed E-state index contributed by atoms with van der Waals surface area (Å²) in [6, 6.07) is 18.2. The number of aryl methyl sites for hydroxylation is 1. The molecule has 0 fully saturated rings. The molecule has 3 aromatic carbocycles. The first-order chi connectivity index (χ1) is 12.4. The van der Waals surface area contributed by atoms with Gasteiger partial charge in [0.25, 0.3) is 0 Å². The Morgan fingerprint density at radius 2 is 1.62 bits per heavy atom. The average molecular weight is 366 g/mol. The number of benzene rings is 3. The van der Waals surface area contributed by atoms with Crippen molar-refractivity contribution in [3.63, 3.8) is 0 Å². The molecule has 0 amide bonds. The van der Waals surface area contributed by atoms with Gasteiger partial charge in [-0.25, -0.2) is 4.79 Å². The van der Waals surface area contributed by atoms with Crippen LogP contribution in [0, 0.1) is 6.92 Å². The van der Waals surface area contributed by atoms with Crippen LogP contribution in [0.15, 0.2) is 80.8 Å². The van der Waals surface area contributed by atoms with Crippen molar-refractivity contribution in [2.45, 2.75) is 11.8 Å². The highest BCUT2D eigenvalue weighted by Crippen LogP contribution is 2.31. The first-order valence-corrected chi connectivity index (χ1v) is 9.32. The lowest BCUT2D eigenvalue weighted by Crippen LogP contribution is -2.11. The summed E-state index contributed by atoms with van der Waals surface area (Å²) in [4.78, 5) is 12.0. The minimum absolute atomic E-state index is 0.0188. The molecule has 0 saturated heterocycles. The Labute approximate surface area is 149 Å². The third kappa shape index (κ3) is 2.84. The molecule has 6 heteroatoms. The van der Waals surface area contributed by atoms with Gasteiger partial charge in [-0.15, -0.1) is 0 Å². The molecule has 0 aliphatic heterocycles. The van der Waals surface area contributed by atoms with Crippen LogP contribution in [0.4, 0.5) is 0 Å². The number of rotatable bonds is 3. The van der Waals surface area contributed by atoms with Crippen LogP contribution in [0.25, 0.3) is 21.7 Å².